The first kappa shape index (κ1) is 29.1. The summed E-state index contributed by atoms with van der Waals surface area (Å²) in [6, 6.07) is 7.86. The summed E-state index contributed by atoms with van der Waals surface area (Å²) in [5, 5.41) is 8.13. The van der Waals surface area contributed by atoms with Gasteiger partial charge in [0.2, 0.25) is 5.91 Å². The summed E-state index contributed by atoms with van der Waals surface area (Å²) in [6.07, 6.45) is 3.81. The quantitative estimate of drug-likeness (QED) is 0.440. The molecule has 3 aliphatic heterocycles. The zero-order valence-corrected chi connectivity index (χ0v) is 24.6. The third-order valence-corrected chi connectivity index (χ3v) is 9.17. The van der Waals surface area contributed by atoms with E-state index in [9.17, 15) is 19.2 Å². The van der Waals surface area contributed by atoms with Gasteiger partial charge in [-0.1, -0.05) is 30.4 Å². The number of thioether (sulfide) groups is 1. The molecule has 4 heterocycles. The van der Waals surface area contributed by atoms with E-state index in [1.54, 1.807) is 38.6 Å². The molecule has 41 heavy (non-hydrogen) atoms. The maximum atomic E-state index is 13.3. The molecule has 1 aromatic carbocycles. The van der Waals surface area contributed by atoms with Gasteiger partial charge in [-0.2, -0.15) is 11.8 Å². The summed E-state index contributed by atoms with van der Waals surface area (Å²) >= 11 is 1.68. The highest BCUT2D eigenvalue weighted by molar-refractivity contribution is 8.00. The Morgan fingerprint density at radius 2 is 1.73 bits per heavy atom. The first-order valence-electron chi connectivity index (χ1n) is 14.1. The van der Waals surface area contributed by atoms with Crippen LogP contribution in [0.5, 0.6) is 0 Å². The van der Waals surface area contributed by atoms with Gasteiger partial charge in [0.15, 0.2) is 6.10 Å². The Bertz CT molecular complexity index is 1390. The van der Waals surface area contributed by atoms with Crippen LogP contribution in [0.2, 0.25) is 0 Å². The Morgan fingerprint density at radius 1 is 1.00 bits per heavy atom. The SMILES string of the molecule is C[C@@H]1NC(=O)[C@H](C2CSC2)OC(=O)C(C)(C)/C=C\c2ccc3ccc(nc3c2)[C@@H](C)NC(=O)[C@@H]2CCCN(N2)C1=O. The standard InChI is InChI=1S/C30H37N5O5S/c1-17-22-10-9-20-8-7-19(14-24(20)33-22)11-12-30(3,4)29(39)40-25(21-15-41-16-21)27(37)32-18(2)28(38)35-13-5-6-23(34-35)26(36)31-17/h7-12,14,17-18,21,23,25,34H,5-6,13,15-16H2,1-4H3,(H,31,36)(H,32,37)/b12-11-/t17-,18+,23+,25+/m1/s1. The number of nitrogens with zero attached hydrogens (tertiary/aromatic N) is 2. The van der Waals surface area contributed by atoms with Crippen molar-refractivity contribution in [3.8, 4) is 0 Å². The van der Waals surface area contributed by atoms with Crippen LogP contribution in [0.25, 0.3) is 17.0 Å². The molecule has 0 radical (unpaired) electrons. The number of hydrogen-bond donors (Lipinski definition) is 3. The number of carbonyl (C=O) groups excluding carboxylic acids is 4. The number of carbonyl (C=O) groups is 4. The van der Waals surface area contributed by atoms with E-state index in [4.69, 9.17) is 9.72 Å². The number of nitrogens with one attached hydrogen (secondary N) is 3. The van der Waals surface area contributed by atoms with Gasteiger partial charge < -0.3 is 15.4 Å². The van der Waals surface area contributed by atoms with Crippen molar-refractivity contribution in [2.24, 2.45) is 11.3 Å². The maximum Gasteiger partial charge on any atom is 0.316 e. The first-order chi connectivity index (χ1) is 19.5. The molecule has 218 valence electrons. The number of rotatable bonds is 1. The molecular formula is C30H37N5O5S. The van der Waals surface area contributed by atoms with Crippen molar-refractivity contribution in [3.05, 3.63) is 47.7 Å². The van der Waals surface area contributed by atoms with Crippen LogP contribution < -0.4 is 16.1 Å². The number of hydrogen-bond acceptors (Lipinski definition) is 8. The fraction of sp³-hybridized carbons (Fsp3) is 0.500. The molecule has 5 bridgehead atoms. The lowest BCUT2D eigenvalue weighted by Crippen LogP contribution is -2.61. The summed E-state index contributed by atoms with van der Waals surface area (Å²) in [5.41, 5.74) is 4.36. The van der Waals surface area contributed by atoms with Crippen molar-refractivity contribution in [3.63, 3.8) is 0 Å². The number of cyclic esters (lactones) is 1. The summed E-state index contributed by atoms with van der Waals surface area (Å²) < 4.78 is 5.83. The van der Waals surface area contributed by atoms with Crippen LogP contribution in [0.15, 0.2) is 36.4 Å². The van der Waals surface area contributed by atoms with Crippen LogP contribution in [-0.2, 0) is 23.9 Å². The lowest BCUT2D eigenvalue weighted by molar-refractivity contribution is -0.165. The van der Waals surface area contributed by atoms with Gasteiger partial charge in [-0.05, 0) is 58.2 Å². The third kappa shape index (κ3) is 6.41. The van der Waals surface area contributed by atoms with Crippen LogP contribution >= 0.6 is 11.8 Å². The van der Waals surface area contributed by atoms with Crippen molar-refractivity contribution < 1.29 is 23.9 Å². The molecule has 0 spiro atoms. The topological polar surface area (TPSA) is 130 Å². The van der Waals surface area contributed by atoms with E-state index in [0.29, 0.717) is 36.6 Å². The Morgan fingerprint density at radius 3 is 2.46 bits per heavy atom. The van der Waals surface area contributed by atoms with Gasteiger partial charge in [-0.3, -0.25) is 29.2 Å². The second-order valence-corrected chi connectivity index (χ2v) is 12.7. The monoisotopic (exact) mass is 579 g/mol. The van der Waals surface area contributed by atoms with Crippen LogP contribution in [0.3, 0.4) is 0 Å². The minimum Gasteiger partial charge on any atom is -0.451 e. The molecule has 2 aromatic rings. The summed E-state index contributed by atoms with van der Waals surface area (Å²) in [6.45, 7) is 7.38. The van der Waals surface area contributed by atoms with Crippen molar-refractivity contribution >= 4 is 52.4 Å². The van der Waals surface area contributed by atoms with E-state index in [-0.39, 0.29) is 23.8 Å². The minimum absolute atomic E-state index is 0.128. The largest absolute Gasteiger partial charge is 0.451 e. The summed E-state index contributed by atoms with van der Waals surface area (Å²) in [7, 11) is 0. The van der Waals surface area contributed by atoms with Crippen LogP contribution in [-0.4, -0.2) is 69.9 Å². The normalized spacial score (nSPS) is 28.8. The number of benzene rings is 1. The van der Waals surface area contributed by atoms with Crippen molar-refractivity contribution in [2.75, 3.05) is 18.1 Å². The number of pyridine rings is 1. The van der Waals surface area contributed by atoms with Crippen LogP contribution in [0.1, 0.15) is 57.8 Å². The minimum atomic E-state index is -1.01. The highest BCUT2D eigenvalue weighted by Crippen LogP contribution is 2.32. The molecule has 0 aliphatic carbocycles. The van der Waals surface area contributed by atoms with Crippen LogP contribution in [0, 0.1) is 11.3 Å². The molecular weight excluding hydrogens is 542 g/mol. The van der Waals surface area contributed by atoms with E-state index in [0.717, 1.165) is 16.5 Å². The summed E-state index contributed by atoms with van der Waals surface area (Å²) in [4.78, 5) is 57.9. The highest BCUT2D eigenvalue weighted by atomic mass is 32.2. The zero-order chi connectivity index (χ0) is 29.3. The maximum absolute atomic E-state index is 13.3. The van der Waals surface area contributed by atoms with Gasteiger partial charge in [0, 0.05) is 29.4 Å². The van der Waals surface area contributed by atoms with E-state index < -0.39 is 35.5 Å². The fourth-order valence-electron chi connectivity index (χ4n) is 5.04. The molecule has 1 aromatic heterocycles. The smallest absolute Gasteiger partial charge is 0.316 e. The third-order valence-electron chi connectivity index (χ3n) is 7.84. The second-order valence-electron chi connectivity index (χ2n) is 11.6. The number of hydrazine groups is 1. The van der Waals surface area contributed by atoms with E-state index in [2.05, 4.69) is 16.1 Å². The molecule has 2 saturated heterocycles. The Hall–Kier alpha value is -3.44. The molecule has 0 unspecified atom stereocenters. The number of ether oxygens (including phenoxy) is 1. The molecule has 5 rings (SSSR count). The molecule has 0 saturated carbocycles. The molecule has 3 aliphatic rings. The zero-order valence-electron chi connectivity index (χ0n) is 23.8. The molecule has 2 fully saturated rings. The molecule has 3 amide bonds. The predicted octanol–water partition coefficient (Wildman–Crippen LogP) is 2.74. The number of esters is 1. The van der Waals surface area contributed by atoms with Crippen molar-refractivity contribution in [1.29, 1.82) is 0 Å². The molecule has 11 heteroatoms. The number of aromatic nitrogens is 1. The average molecular weight is 580 g/mol. The van der Waals surface area contributed by atoms with E-state index >= 15 is 0 Å². The first-order valence-corrected chi connectivity index (χ1v) is 15.2. The Kier molecular flexibility index (Phi) is 8.37. The molecule has 10 nitrogen and oxygen atoms in total. The van der Waals surface area contributed by atoms with Gasteiger partial charge in [0.25, 0.3) is 11.8 Å². The summed E-state index contributed by atoms with van der Waals surface area (Å²) in [5.74, 6) is -0.346. The lowest BCUT2D eigenvalue weighted by atomic mass is 9.91. The van der Waals surface area contributed by atoms with Crippen LogP contribution in [0.4, 0.5) is 0 Å². The number of amides is 3. The Balaban J connectivity index is 1.48. The molecule has 4 atom stereocenters. The van der Waals surface area contributed by atoms with E-state index in [1.807, 2.05) is 43.3 Å². The Labute approximate surface area is 244 Å². The predicted molar refractivity (Wildman–Crippen MR) is 157 cm³/mol. The van der Waals surface area contributed by atoms with Gasteiger partial charge in [-0.25, -0.2) is 5.43 Å². The van der Waals surface area contributed by atoms with Crippen molar-refractivity contribution in [1.82, 2.24) is 26.1 Å². The second kappa shape index (κ2) is 11.8. The van der Waals surface area contributed by atoms with Gasteiger partial charge in [0.05, 0.1) is 22.7 Å². The fourth-order valence-corrected chi connectivity index (χ4v) is 5.90. The van der Waals surface area contributed by atoms with Gasteiger partial charge in [-0.15, -0.1) is 0 Å². The average Bonchev–Trinajstić information content (AvgIpc) is 2.93. The number of fused-ring (bicyclic) bond motifs is 4. The lowest BCUT2D eigenvalue weighted by Gasteiger charge is -2.36. The van der Waals surface area contributed by atoms with E-state index in [1.165, 1.54) is 5.01 Å². The van der Waals surface area contributed by atoms with Crippen molar-refractivity contribution in [2.45, 2.75) is 64.8 Å². The van der Waals surface area contributed by atoms with Gasteiger partial charge >= 0.3 is 5.97 Å². The van der Waals surface area contributed by atoms with Gasteiger partial charge in [0.1, 0.15) is 12.1 Å². The molecule has 3 N–H and O–H groups in total. The highest BCUT2D eigenvalue weighted by Gasteiger charge is 2.40.